The third-order valence-electron chi connectivity index (χ3n) is 2.95. The van der Waals surface area contributed by atoms with Crippen LogP contribution >= 0.6 is 0 Å². The molecule has 0 bridgehead atoms. The summed E-state index contributed by atoms with van der Waals surface area (Å²) in [6.45, 7) is 0. The highest BCUT2D eigenvalue weighted by Gasteiger charge is 2.16. The van der Waals surface area contributed by atoms with Crippen LogP contribution in [0.4, 0.5) is 4.39 Å². The molecule has 0 fully saturated rings. The van der Waals surface area contributed by atoms with E-state index in [1.807, 2.05) is 12.3 Å². The Morgan fingerprint density at radius 2 is 2.38 bits per heavy atom. The van der Waals surface area contributed by atoms with E-state index in [2.05, 4.69) is 4.98 Å². The van der Waals surface area contributed by atoms with Gasteiger partial charge in [0.15, 0.2) is 0 Å². The van der Waals surface area contributed by atoms with Gasteiger partial charge in [0.25, 0.3) is 0 Å². The van der Waals surface area contributed by atoms with E-state index in [1.165, 1.54) is 0 Å². The number of methoxy groups -OCH3 is 1. The van der Waals surface area contributed by atoms with Crippen LogP contribution in [0.3, 0.4) is 0 Å². The van der Waals surface area contributed by atoms with Crippen molar-refractivity contribution in [2.45, 2.75) is 25.7 Å². The summed E-state index contributed by atoms with van der Waals surface area (Å²) in [5.74, 6) is 1.20. The minimum absolute atomic E-state index is 0.0344. The van der Waals surface area contributed by atoms with Crippen LogP contribution in [-0.4, -0.2) is 12.1 Å². The third kappa shape index (κ3) is 2.81. The molecule has 86 valence electrons. The number of nitrogens with zero attached hydrogens (tertiary/aromatic N) is 1. The summed E-state index contributed by atoms with van der Waals surface area (Å²) in [6.07, 6.45) is 8.57. The molecule has 1 atom stereocenters. The fourth-order valence-corrected chi connectivity index (χ4v) is 2.13. The van der Waals surface area contributed by atoms with E-state index < -0.39 is 0 Å². The van der Waals surface area contributed by atoms with Gasteiger partial charge < -0.3 is 4.74 Å². The maximum absolute atomic E-state index is 13.1. The molecule has 0 aromatic carbocycles. The molecular formula is C13H16FNO. The summed E-state index contributed by atoms with van der Waals surface area (Å²) >= 11 is 0. The van der Waals surface area contributed by atoms with Crippen LogP contribution in [0.5, 0.6) is 5.75 Å². The number of rotatable bonds is 3. The third-order valence-corrected chi connectivity index (χ3v) is 2.95. The van der Waals surface area contributed by atoms with Crippen LogP contribution in [0, 0.1) is 5.92 Å². The summed E-state index contributed by atoms with van der Waals surface area (Å²) in [4.78, 5) is 4.11. The topological polar surface area (TPSA) is 22.1 Å². The summed E-state index contributed by atoms with van der Waals surface area (Å²) in [5, 5.41) is 0. The van der Waals surface area contributed by atoms with Gasteiger partial charge in [0.05, 0.1) is 19.1 Å². The van der Waals surface area contributed by atoms with E-state index in [9.17, 15) is 4.39 Å². The first kappa shape index (κ1) is 11.1. The Morgan fingerprint density at radius 1 is 1.50 bits per heavy atom. The number of ether oxygens (including phenoxy) is 1. The van der Waals surface area contributed by atoms with E-state index in [-0.39, 0.29) is 5.83 Å². The van der Waals surface area contributed by atoms with Gasteiger partial charge in [-0.15, -0.1) is 0 Å². The van der Waals surface area contributed by atoms with E-state index in [0.717, 1.165) is 30.6 Å². The Kier molecular flexibility index (Phi) is 3.54. The summed E-state index contributed by atoms with van der Waals surface area (Å²) in [7, 11) is 1.63. The quantitative estimate of drug-likeness (QED) is 0.781. The van der Waals surface area contributed by atoms with Gasteiger partial charge in [-0.25, -0.2) is 4.39 Å². The minimum Gasteiger partial charge on any atom is -0.495 e. The second kappa shape index (κ2) is 5.10. The fourth-order valence-electron chi connectivity index (χ4n) is 2.13. The number of aromatic nitrogens is 1. The van der Waals surface area contributed by atoms with E-state index in [4.69, 9.17) is 4.74 Å². The number of allylic oxidation sites excluding steroid dienone is 2. The van der Waals surface area contributed by atoms with Crippen molar-refractivity contribution in [3.8, 4) is 5.75 Å². The molecule has 0 spiro atoms. The molecule has 2 nitrogen and oxygen atoms in total. The van der Waals surface area contributed by atoms with Crippen LogP contribution < -0.4 is 4.74 Å². The zero-order valence-corrected chi connectivity index (χ0v) is 9.45. The van der Waals surface area contributed by atoms with Gasteiger partial charge in [0.1, 0.15) is 5.75 Å². The molecule has 1 heterocycles. The van der Waals surface area contributed by atoms with E-state index >= 15 is 0 Å². The minimum atomic E-state index is 0.0344. The van der Waals surface area contributed by atoms with Crippen LogP contribution in [0.1, 0.15) is 24.8 Å². The zero-order chi connectivity index (χ0) is 11.4. The van der Waals surface area contributed by atoms with Gasteiger partial charge in [-0.05, 0) is 36.8 Å². The number of pyridine rings is 1. The lowest BCUT2D eigenvalue weighted by Gasteiger charge is -2.19. The van der Waals surface area contributed by atoms with E-state index in [1.54, 1.807) is 19.4 Å². The van der Waals surface area contributed by atoms with Gasteiger partial charge >= 0.3 is 0 Å². The highest BCUT2D eigenvalue weighted by atomic mass is 19.1. The van der Waals surface area contributed by atoms with Crippen molar-refractivity contribution < 1.29 is 9.13 Å². The predicted molar refractivity (Wildman–Crippen MR) is 61.0 cm³/mol. The molecule has 0 saturated carbocycles. The first-order valence-electron chi connectivity index (χ1n) is 5.60. The van der Waals surface area contributed by atoms with Crippen molar-refractivity contribution in [1.29, 1.82) is 0 Å². The van der Waals surface area contributed by atoms with Crippen molar-refractivity contribution >= 4 is 0 Å². The zero-order valence-electron chi connectivity index (χ0n) is 9.45. The summed E-state index contributed by atoms with van der Waals surface area (Å²) in [6, 6.07) is 1.98. The van der Waals surface area contributed by atoms with Crippen molar-refractivity contribution in [1.82, 2.24) is 4.98 Å². The lowest BCUT2D eigenvalue weighted by Crippen LogP contribution is -2.08. The molecule has 1 aliphatic carbocycles. The Morgan fingerprint density at radius 3 is 3.12 bits per heavy atom. The molecule has 1 aromatic heterocycles. The second-order valence-electron chi connectivity index (χ2n) is 4.24. The maximum Gasteiger partial charge on any atom is 0.137 e. The van der Waals surface area contributed by atoms with Gasteiger partial charge in [0.2, 0.25) is 0 Å². The average Bonchev–Trinajstić information content (AvgIpc) is 2.29. The molecule has 0 N–H and O–H groups in total. The summed E-state index contributed by atoms with van der Waals surface area (Å²) in [5.41, 5.74) is 1.12. The Hall–Kier alpha value is -1.38. The molecular weight excluding hydrogens is 205 g/mol. The molecule has 2 rings (SSSR count). The first-order chi connectivity index (χ1) is 7.78. The van der Waals surface area contributed by atoms with Crippen molar-refractivity contribution in [2.75, 3.05) is 7.11 Å². The molecule has 1 aromatic rings. The lowest BCUT2D eigenvalue weighted by molar-refractivity contribution is 0.400. The molecule has 1 unspecified atom stereocenters. The van der Waals surface area contributed by atoms with Crippen molar-refractivity contribution in [3.63, 3.8) is 0 Å². The Bertz CT molecular complexity index is 389. The SMILES string of the molecule is COc1cncc(CC2CCC=C(F)C2)c1. The second-order valence-corrected chi connectivity index (χ2v) is 4.24. The smallest absolute Gasteiger partial charge is 0.137 e. The first-order valence-corrected chi connectivity index (χ1v) is 5.60. The van der Waals surface area contributed by atoms with Gasteiger partial charge in [-0.1, -0.05) is 6.08 Å². The summed E-state index contributed by atoms with van der Waals surface area (Å²) < 4.78 is 18.2. The van der Waals surface area contributed by atoms with Gasteiger partial charge in [-0.2, -0.15) is 0 Å². The molecule has 1 aliphatic rings. The molecule has 16 heavy (non-hydrogen) atoms. The molecule has 0 radical (unpaired) electrons. The monoisotopic (exact) mass is 221 g/mol. The molecule has 3 heteroatoms. The van der Waals surface area contributed by atoms with Crippen LogP contribution in [0.2, 0.25) is 0 Å². The van der Waals surface area contributed by atoms with Crippen LogP contribution in [0.15, 0.2) is 30.4 Å². The molecule has 0 aliphatic heterocycles. The lowest BCUT2D eigenvalue weighted by atomic mass is 9.88. The highest BCUT2D eigenvalue weighted by Crippen LogP contribution is 2.28. The Balaban J connectivity index is 2.00. The maximum atomic E-state index is 13.1. The van der Waals surface area contributed by atoms with Crippen LogP contribution in [-0.2, 0) is 6.42 Å². The van der Waals surface area contributed by atoms with Gasteiger partial charge in [-0.3, -0.25) is 4.98 Å². The van der Waals surface area contributed by atoms with Gasteiger partial charge in [0, 0.05) is 12.6 Å². The van der Waals surface area contributed by atoms with E-state index in [0.29, 0.717) is 12.3 Å². The largest absolute Gasteiger partial charge is 0.495 e. The van der Waals surface area contributed by atoms with Crippen LogP contribution in [0.25, 0.3) is 0 Å². The molecule has 0 saturated heterocycles. The highest BCUT2D eigenvalue weighted by molar-refractivity contribution is 5.24. The number of halogens is 1. The van der Waals surface area contributed by atoms with Crippen molar-refractivity contribution in [3.05, 3.63) is 35.9 Å². The Labute approximate surface area is 95.2 Å². The number of hydrogen-bond donors (Lipinski definition) is 0. The average molecular weight is 221 g/mol. The van der Waals surface area contributed by atoms with Crippen molar-refractivity contribution in [2.24, 2.45) is 5.92 Å². The standard InChI is InChI=1S/C13H16FNO/c1-16-13-7-11(8-15-9-13)5-10-3-2-4-12(14)6-10/h4,7-10H,2-3,5-6H2,1H3. The number of hydrogen-bond acceptors (Lipinski definition) is 2. The fraction of sp³-hybridized carbons (Fsp3) is 0.462. The molecule has 0 amide bonds. The predicted octanol–water partition coefficient (Wildman–Crippen LogP) is 3.29. The normalized spacial score (nSPS) is 20.4.